The van der Waals surface area contributed by atoms with Crippen LogP contribution in [0, 0.1) is 34.4 Å². The van der Waals surface area contributed by atoms with Crippen molar-refractivity contribution in [1.29, 1.82) is 15.8 Å². The summed E-state index contributed by atoms with van der Waals surface area (Å²) in [5, 5.41) is 35.6. The van der Waals surface area contributed by atoms with Crippen LogP contribution in [0.5, 0.6) is 0 Å². The number of para-hydroxylation sites is 3. The summed E-state index contributed by atoms with van der Waals surface area (Å²) in [5.41, 5.74) is 7.23. The molecular formula is C42H21N9. The van der Waals surface area contributed by atoms with E-state index in [-0.39, 0.29) is 0 Å². The molecule has 10 aromatic rings. The van der Waals surface area contributed by atoms with E-state index in [4.69, 9.17) is 15.0 Å². The molecule has 4 aromatic heterocycles. The highest BCUT2D eigenvalue weighted by atomic mass is 15.0. The minimum atomic E-state index is 0.477. The summed E-state index contributed by atoms with van der Waals surface area (Å²) in [6.07, 6.45) is 6.93. The van der Waals surface area contributed by atoms with Gasteiger partial charge in [-0.3, -0.25) is 0 Å². The maximum atomic E-state index is 9.99. The molecule has 0 aliphatic carbocycles. The molecule has 10 rings (SSSR count). The fourth-order valence-electron chi connectivity index (χ4n) is 7.42. The quantitative estimate of drug-likeness (QED) is 0.188. The number of aromatic nitrogens is 6. The van der Waals surface area contributed by atoms with E-state index in [2.05, 4.69) is 18.6 Å². The first kappa shape index (κ1) is 28.2. The Kier molecular flexibility index (Phi) is 5.87. The highest BCUT2D eigenvalue weighted by molar-refractivity contribution is 6.12. The maximum Gasteiger partial charge on any atom is 0.189 e. The van der Waals surface area contributed by atoms with Gasteiger partial charge in [-0.2, -0.15) is 15.8 Å². The van der Waals surface area contributed by atoms with Crippen molar-refractivity contribution in [3.05, 3.63) is 127 Å². The van der Waals surface area contributed by atoms with Gasteiger partial charge >= 0.3 is 0 Å². The molecule has 0 atom stereocenters. The van der Waals surface area contributed by atoms with E-state index in [0.717, 1.165) is 82.1 Å². The number of benzene rings is 6. The molecule has 0 radical (unpaired) electrons. The summed E-state index contributed by atoms with van der Waals surface area (Å²) in [7, 11) is 0. The second kappa shape index (κ2) is 10.6. The molecule has 6 aromatic carbocycles. The molecule has 0 fully saturated rings. The molecule has 51 heavy (non-hydrogen) atoms. The average molecular weight is 652 g/mol. The Labute approximate surface area is 289 Å². The van der Waals surface area contributed by atoms with Crippen molar-refractivity contribution in [2.75, 3.05) is 0 Å². The van der Waals surface area contributed by atoms with Crippen molar-refractivity contribution in [2.24, 2.45) is 0 Å². The maximum absolute atomic E-state index is 9.99. The van der Waals surface area contributed by atoms with Gasteiger partial charge in [-0.1, -0.05) is 54.6 Å². The van der Waals surface area contributed by atoms with Crippen molar-refractivity contribution < 1.29 is 0 Å². The molecule has 0 bridgehead atoms. The van der Waals surface area contributed by atoms with E-state index in [1.165, 1.54) is 0 Å². The van der Waals surface area contributed by atoms with Crippen LogP contribution in [0.15, 0.2) is 127 Å². The van der Waals surface area contributed by atoms with Gasteiger partial charge in [0.05, 0.1) is 33.1 Å². The third-order valence-electron chi connectivity index (χ3n) is 9.73. The van der Waals surface area contributed by atoms with Crippen LogP contribution in [-0.2, 0) is 0 Å². The number of hydrogen-bond donors (Lipinski definition) is 0. The third-order valence-corrected chi connectivity index (χ3v) is 9.73. The van der Waals surface area contributed by atoms with Gasteiger partial charge in [-0.15, -0.1) is 0 Å². The van der Waals surface area contributed by atoms with Crippen LogP contribution >= 0.6 is 0 Å². The van der Waals surface area contributed by atoms with Gasteiger partial charge in [0.25, 0.3) is 0 Å². The first-order valence-corrected chi connectivity index (χ1v) is 16.2. The average Bonchev–Trinajstić information content (AvgIpc) is 3.81. The summed E-state index contributed by atoms with van der Waals surface area (Å²) in [6, 6.07) is 41.2. The molecule has 0 spiro atoms. The fraction of sp³-hybridized carbons (Fsp3) is 0. The van der Waals surface area contributed by atoms with Crippen LogP contribution in [0.2, 0.25) is 0 Å². The number of hydrogen-bond acceptors (Lipinski definition) is 6. The minimum absolute atomic E-state index is 0.477. The van der Waals surface area contributed by atoms with Crippen LogP contribution in [0.25, 0.3) is 99.6 Å². The van der Waals surface area contributed by atoms with Crippen LogP contribution in [-0.4, -0.2) is 28.7 Å². The standard InChI is InChI=1S/C42H21N9/c43-22-49-34-10-4-1-7-28(34)31-19-25(13-16-37(31)49)40-46-41(26-14-17-38-32(20-26)29-8-2-5-11-35(29)50(38)23-44)48-42(47-40)27-15-18-39-33(21-27)30-9-3-6-12-36(30)51(39)24-45/h1-21H. The normalized spacial score (nSPS) is 11.5. The van der Waals surface area contributed by atoms with Crippen LogP contribution in [0.1, 0.15) is 0 Å². The summed E-state index contributed by atoms with van der Waals surface area (Å²) in [5.74, 6) is 1.43. The Hall–Kier alpha value is -7.80. The number of nitrogens with zero attached hydrogens (tertiary/aromatic N) is 9. The van der Waals surface area contributed by atoms with Crippen molar-refractivity contribution in [3.8, 4) is 52.7 Å². The van der Waals surface area contributed by atoms with E-state index in [9.17, 15) is 15.8 Å². The lowest BCUT2D eigenvalue weighted by molar-refractivity contribution is 1.08. The van der Waals surface area contributed by atoms with Crippen LogP contribution in [0.3, 0.4) is 0 Å². The molecule has 0 N–H and O–H groups in total. The smallest absolute Gasteiger partial charge is 0.189 e. The molecule has 0 unspecified atom stereocenters. The molecule has 234 valence electrons. The molecular weight excluding hydrogens is 631 g/mol. The Morgan fingerprint density at radius 2 is 0.608 bits per heavy atom. The van der Waals surface area contributed by atoms with E-state index in [0.29, 0.717) is 17.5 Å². The number of rotatable bonds is 3. The van der Waals surface area contributed by atoms with Crippen molar-refractivity contribution in [1.82, 2.24) is 28.7 Å². The molecule has 0 aliphatic rings. The van der Waals surface area contributed by atoms with Crippen LogP contribution in [0.4, 0.5) is 0 Å². The largest absolute Gasteiger partial charge is 0.246 e. The summed E-state index contributed by atoms with van der Waals surface area (Å²) >= 11 is 0. The van der Waals surface area contributed by atoms with Crippen molar-refractivity contribution in [3.63, 3.8) is 0 Å². The molecule has 0 saturated carbocycles. The molecule has 0 amide bonds. The lowest BCUT2D eigenvalue weighted by atomic mass is 10.1. The zero-order chi connectivity index (χ0) is 34.2. The van der Waals surface area contributed by atoms with Gasteiger partial charge in [0.1, 0.15) is 0 Å². The molecule has 4 heterocycles. The van der Waals surface area contributed by atoms with E-state index in [1.807, 2.05) is 127 Å². The first-order valence-electron chi connectivity index (χ1n) is 16.2. The van der Waals surface area contributed by atoms with Crippen LogP contribution < -0.4 is 0 Å². The first-order chi connectivity index (χ1) is 25.1. The second-order valence-corrected chi connectivity index (χ2v) is 12.4. The Morgan fingerprint density at radius 3 is 0.902 bits per heavy atom. The third kappa shape index (κ3) is 4.02. The van der Waals surface area contributed by atoms with E-state index in [1.54, 1.807) is 13.7 Å². The van der Waals surface area contributed by atoms with Gasteiger partial charge in [-0.25, -0.2) is 28.7 Å². The zero-order valence-corrected chi connectivity index (χ0v) is 26.6. The van der Waals surface area contributed by atoms with Crippen molar-refractivity contribution in [2.45, 2.75) is 0 Å². The van der Waals surface area contributed by atoms with Crippen molar-refractivity contribution >= 4 is 65.4 Å². The van der Waals surface area contributed by atoms with E-state index >= 15 is 0 Å². The monoisotopic (exact) mass is 651 g/mol. The Bertz CT molecular complexity index is 2890. The van der Waals surface area contributed by atoms with Gasteiger partial charge in [0.15, 0.2) is 36.1 Å². The lowest BCUT2D eigenvalue weighted by Crippen LogP contribution is -2.00. The van der Waals surface area contributed by atoms with Gasteiger partial charge in [-0.05, 0) is 72.8 Å². The number of nitriles is 3. The SMILES string of the molecule is N#Cn1c2ccccc2c2cc(-c3nc(-c4ccc5c(c4)c4ccccc4n5C#N)nc(-c4ccc5c(c4)c4ccccc4n5C#N)n3)ccc21. The van der Waals surface area contributed by atoms with Gasteiger partial charge < -0.3 is 0 Å². The molecule has 0 saturated heterocycles. The minimum Gasteiger partial charge on any atom is -0.246 e. The lowest BCUT2D eigenvalue weighted by Gasteiger charge is -2.09. The fourth-order valence-corrected chi connectivity index (χ4v) is 7.42. The highest BCUT2D eigenvalue weighted by Crippen LogP contribution is 2.36. The zero-order valence-electron chi connectivity index (χ0n) is 26.6. The summed E-state index contributed by atoms with van der Waals surface area (Å²) in [6.45, 7) is 0. The van der Waals surface area contributed by atoms with Gasteiger partial charge in [0, 0.05) is 49.0 Å². The molecule has 0 aliphatic heterocycles. The predicted molar refractivity (Wildman–Crippen MR) is 198 cm³/mol. The summed E-state index contributed by atoms with van der Waals surface area (Å²) < 4.78 is 4.91. The summed E-state index contributed by atoms with van der Waals surface area (Å²) in [4.78, 5) is 15.1. The number of fused-ring (bicyclic) bond motifs is 9. The van der Waals surface area contributed by atoms with E-state index < -0.39 is 0 Å². The molecule has 9 nitrogen and oxygen atoms in total. The topological polar surface area (TPSA) is 125 Å². The molecule has 9 heteroatoms. The second-order valence-electron chi connectivity index (χ2n) is 12.4. The Morgan fingerprint density at radius 1 is 0.333 bits per heavy atom. The predicted octanol–water partition coefficient (Wildman–Crippen LogP) is 9.18. The van der Waals surface area contributed by atoms with Gasteiger partial charge in [0.2, 0.25) is 0 Å². The highest BCUT2D eigenvalue weighted by Gasteiger charge is 2.19. The Balaban J connectivity index is 1.23.